The van der Waals surface area contributed by atoms with Crippen molar-refractivity contribution in [3.63, 3.8) is 0 Å². The molecule has 0 aromatic carbocycles. The lowest BCUT2D eigenvalue weighted by Crippen LogP contribution is -2.33. The molecular weight excluding hydrogens is 128 g/mol. The van der Waals surface area contributed by atoms with Crippen molar-refractivity contribution in [2.45, 2.75) is 19.4 Å². The first-order chi connectivity index (χ1) is 4.74. The number of methoxy groups -OCH3 is 1. The molecule has 1 aliphatic heterocycles. The minimum atomic E-state index is 0.271. The first kappa shape index (κ1) is 7.54. The quantitative estimate of drug-likeness (QED) is 0.576. The molecule has 3 heteroatoms. The number of hydrogen-bond acceptors (Lipinski definition) is 3. The Balaban J connectivity index is 2.52. The summed E-state index contributed by atoms with van der Waals surface area (Å²) in [6, 6.07) is 0. The van der Waals surface area contributed by atoms with Gasteiger partial charge in [0.25, 0.3) is 0 Å². The molecule has 0 unspecified atom stereocenters. The van der Waals surface area contributed by atoms with Crippen LogP contribution in [0.3, 0.4) is 0 Å². The van der Waals surface area contributed by atoms with Crippen LogP contribution < -0.4 is 5.73 Å². The summed E-state index contributed by atoms with van der Waals surface area (Å²) in [6.45, 7) is 2.86. The second-order valence-corrected chi connectivity index (χ2v) is 2.79. The Kier molecular flexibility index (Phi) is 2.27. The van der Waals surface area contributed by atoms with Crippen molar-refractivity contribution in [1.82, 2.24) is 0 Å². The van der Waals surface area contributed by atoms with Gasteiger partial charge in [-0.2, -0.15) is 0 Å². The summed E-state index contributed by atoms with van der Waals surface area (Å²) in [5.41, 5.74) is 5.54. The Bertz CT molecular complexity index is 145. The topological polar surface area (TPSA) is 47.6 Å². The highest BCUT2D eigenvalue weighted by Crippen LogP contribution is 2.15. The lowest BCUT2D eigenvalue weighted by atomic mass is 9.98. The fraction of sp³-hybridized carbons (Fsp3) is 0.857. The van der Waals surface area contributed by atoms with Crippen molar-refractivity contribution >= 4 is 5.84 Å². The van der Waals surface area contributed by atoms with Gasteiger partial charge in [-0.1, -0.05) is 6.92 Å². The summed E-state index contributed by atoms with van der Waals surface area (Å²) in [7, 11) is 1.72. The van der Waals surface area contributed by atoms with Crippen LogP contribution in [-0.2, 0) is 4.74 Å². The van der Waals surface area contributed by atoms with Crippen molar-refractivity contribution in [3.8, 4) is 0 Å². The van der Waals surface area contributed by atoms with Crippen molar-refractivity contribution in [2.24, 2.45) is 16.6 Å². The van der Waals surface area contributed by atoms with Crippen molar-refractivity contribution in [2.75, 3.05) is 13.7 Å². The van der Waals surface area contributed by atoms with Crippen LogP contribution in [0.4, 0.5) is 0 Å². The van der Waals surface area contributed by atoms with Crippen molar-refractivity contribution < 1.29 is 4.74 Å². The molecular formula is C7H14N2O. The van der Waals surface area contributed by atoms with Crippen LogP contribution in [0, 0.1) is 5.92 Å². The molecule has 1 aliphatic rings. The van der Waals surface area contributed by atoms with Gasteiger partial charge in [-0.15, -0.1) is 0 Å². The third-order valence-electron chi connectivity index (χ3n) is 1.94. The SMILES string of the molecule is CO[C@@H]1CN=C(N)C[C@@H]1C. The third-order valence-corrected chi connectivity index (χ3v) is 1.94. The van der Waals surface area contributed by atoms with Gasteiger partial charge in [0.15, 0.2) is 0 Å². The van der Waals surface area contributed by atoms with Crippen LogP contribution in [0.5, 0.6) is 0 Å². The number of rotatable bonds is 1. The maximum atomic E-state index is 5.54. The number of nitrogens with two attached hydrogens (primary N) is 1. The van der Waals surface area contributed by atoms with E-state index in [1.165, 1.54) is 0 Å². The van der Waals surface area contributed by atoms with E-state index in [0.717, 1.165) is 18.8 Å². The van der Waals surface area contributed by atoms with E-state index in [2.05, 4.69) is 11.9 Å². The molecule has 0 saturated carbocycles. The Morgan fingerprint density at radius 1 is 1.70 bits per heavy atom. The van der Waals surface area contributed by atoms with Gasteiger partial charge in [0.1, 0.15) is 0 Å². The molecule has 0 bridgehead atoms. The molecule has 0 aliphatic carbocycles. The minimum absolute atomic E-state index is 0.271. The summed E-state index contributed by atoms with van der Waals surface area (Å²) >= 11 is 0. The molecule has 58 valence electrons. The lowest BCUT2D eigenvalue weighted by Gasteiger charge is -2.24. The summed E-state index contributed by atoms with van der Waals surface area (Å²) in [4.78, 5) is 4.10. The predicted molar refractivity (Wildman–Crippen MR) is 41.1 cm³/mol. The van der Waals surface area contributed by atoms with E-state index < -0.39 is 0 Å². The largest absolute Gasteiger partial charge is 0.387 e. The van der Waals surface area contributed by atoms with E-state index in [1.54, 1.807) is 7.11 Å². The number of nitrogens with zero attached hydrogens (tertiary/aromatic N) is 1. The first-order valence-electron chi connectivity index (χ1n) is 3.55. The van der Waals surface area contributed by atoms with E-state index in [0.29, 0.717) is 5.92 Å². The van der Waals surface area contributed by atoms with E-state index in [1.807, 2.05) is 0 Å². The Labute approximate surface area is 61.3 Å². The maximum absolute atomic E-state index is 5.54. The molecule has 0 amide bonds. The predicted octanol–water partition coefficient (Wildman–Crippen LogP) is 0.398. The normalized spacial score (nSPS) is 33.6. The second-order valence-electron chi connectivity index (χ2n) is 2.79. The van der Waals surface area contributed by atoms with Crippen LogP contribution in [0.15, 0.2) is 4.99 Å². The van der Waals surface area contributed by atoms with Gasteiger partial charge in [0.2, 0.25) is 0 Å². The maximum Gasteiger partial charge on any atom is 0.0941 e. The average molecular weight is 142 g/mol. The third kappa shape index (κ3) is 1.48. The monoisotopic (exact) mass is 142 g/mol. The van der Waals surface area contributed by atoms with Gasteiger partial charge in [-0.3, -0.25) is 4.99 Å². The van der Waals surface area contributed by atoms with Gasteiger partial charge in [-0.05, 0) is 5.92 Å². The van der Waals surface area contributed by atoms with Gasteiger partial charge in [0.05, 0.1) is 18.5 Å². The summed E-state index contributed by atoms with van der Waals surface area (Å²) in [5.74, 6) is 1.28. The first-order valence-corrected chi connectivity index (χ1v) is 3.55. The molecule has 0 radical (unpaired) electrons. The molecule has 0 saturated heterocycles. The zero-order valence-corrected chi connectivity index (χ0v) is 6.50. The second kappa shape index (κ2) is 3.01. The lowest BCUT2D eigenvalue weighted by molar-refractivity contribution is 0.0642. The van der Waals surface area contributed by atoms with Crippen LogP contribution in [-0.4, -0.2) is 25.6 Å². The van der Waals surface area contributed by atoms with Gasteiger partial charge in [-0.25, -0.2) is 0 Å². The minimum Gasteiger partial charge on any atom is -0.387 e. The number of ether oxygens (including phenoxy) is 1. The molecule has 1 heterocycles. The fourth-order valence-corrected chi connectivity index (χ4v) is 1.22. The number of hydrogen-bond donors (Lipinski definition) is 1. The summed E-state index contributed by atoms with van der Waals surface area (Å²) in [6.07, 6.45) is 1.14. The number of aliphatic imine (C=N–C) groups is 1. The fourth-order valence-electron chi connectivity index (χ4n) is 1.22. The molecule has 3 nitrogen and oxygen atoms in total. The van der Waals surface area contributed by atoms with Crippen LogP contribution in [0.1, 0.15) is 13.3 Å². The number of amidine groups is 1. The molecule has 2 atom stereocenters. The zero-order valence-electron chi connectivity index (χ0n) is 6.50. The highest BCUT2D eigenvalue weighted by atomic mass is 16.5. The van der Waals surface area contributed by atoms with Crippen LogP contribution >= 0.6 is 0 Å². The smallest absolute Gasteiger partial charge is 0.0941 e. The van der Waals surface area contributed by atoms with E-state index in [9.17, 15) is 0 Å². The highest BCUT2D eigenvalue weighted by Gasteiger charge is 2.21. The van der Waals surface area contributed by atoms with E-state index >= 15 is 0 Å². The van der Waals surface area contributed by atoms with E-state index in [4.69, 9.17) is 10.5 Å². The summed E-state index contributed by atoms with van der Waals surface area (Å²) in [5, 5.41) is 0. The van der Waals surface area contributed by atoms with Gasteiger partial charge in [0, 0.05) is 13.5 Å². The Morgan fingerprint density at radius 2 is 2.40 bits per heavy atom. The van der Waals surface area contributed by atoms with E-state index in [-0.39, 0.29) is 6.10 Å². The standard InChI is InChI=1S/C7H14N2O/c1-5-3-7(8)9-4-6(5)10-2/h5-6H,3-4H2,1-2H3,(H2,8,9)/t5-,6+/m0/s1. The Morgan fingerprint density at radius 3 is 2.90 bits per heavy atom. The summed E-state index contributed by atoms with van der Waals surface area (Å²) < 4.78 is 5.19. The average Bonchev–Trinajstić information content (AvgIpc) is 1.88. The molecule has 10 heavy (non-hydrogen) atoms. The van der Waals surface area contributed by atoms with Crippen molar-refractivity contribution in [3.05, 3.63) is 0 Å². The molecule has 1 rings (SSSR count). The highest BCUT2D eigenvalue weighted by molar-refractivity contribution is 5.81. The molecule has 0 aromatic heterocycles. The molecule has 2 N–H and O–H groups in total. The van der Waals surface area contributed by atoms with Crippen LogP contribution in [0.2, 0.25) is 0 Å². The van der Waals surface area contributed by atoms with Gasteiger partial charge >= 0.3 is 0 Å². The van der Waals surface area contributed by atoms with Gasteiger partial charge < -0.3 is 10.5 Å². The zero-order chi connectivity index (χ0) is 7.56. The van der Waals surface area contributed by atoms with Crippen molar-refractivity contribution in [1.29, 1.82) is 0 Å². The van der Waals surface area contributed by atoms with Crippen LogP contribution in [0.25, 0.3) is 0 Å². The molecule has 0 aromatic rings. The molecule has 0 spiro atoms. The molecule has 0 fully saturated rings. The Hall–Kier alpha value is -0.570.